The molecule has 1 heterocycles. The summed E-state index contributed by atoms with van der Waals surface area (Å²) in [6, 6.07) is 8.39. The average molecular weight is 320 g/mol. The third-order valence-corrected chi connectivity index (χ3v) is 5.59. The fourth-order valence-corrected chi connectivity index (χ4v) is 4.17. The van der Waals surface area contributed by atoms with E-state index in [4.69, 9.17) is 5.73 Å². The summed E-state index contributed by atoms with van der Waals surface area (Å²) < 4.78 is 0. The van der Waals surface area contributed by atoms with E-state index in [0.29, 0.717) is 10.6 Å². The summed E-state index contributed by atoms with van der Waals surface area (Å²) in [6.07, 6.45) is 2.93. The number of ketones is 1. The third-order valence-electron chi connectivity index (χ3n) is 3.36. The van der Waals surface area contributed by atoms with Gasteiger partial charge < -0.3 is 11.1 Å². The van der Waals surface area contributed by atoms with Gasteiger partial charge in [0.15, 0.2) is 5.78 Å². The van der Waals surface area contributed by atoms with E-state index in [1.165, 1.54) is 22.5 Å². The van der Waals surface area contributed by atoms with Gasteiger partial charge in [-0.1, -0.05) is 24.3 Å². The van der Waals surface area contributed by atoms with Gasteiger partial charge in [0.2, 0.25) is 0 Å². The minimum atomic E-state index is 0.0275. The number of rotatable bonds is 6. The van der Waals surface area contributed by atoms with Crippen molar-refractivity contribution in [3.63, 3.8) is 0 Å². The molecule has 0 saturated heterocycles. The molecule has 112 valence electrons. The lowest BCUT2D eigenvalue weighted by molar-refractivity contribution is 0.102. The van der Waals surface area contributed by atoms with Crippen LogP contribution in [-0.4, -0.2) is 18.6 Å². The molecule has 0 atom stereocenters. The first-order valence-electron chi connectivity index (χ1n) is 6.80. The molecule has 5 heteroatoms. The number of hydrogen-bond acceptors (Lipinski definition) is 5. The Labute approximate surface area is 133 Å². The van der Waals surface area contributed by atoms with Crippen molar-refractivity contribution in [2.75, 3.05) is 23.9 Å². The molecule has 0 radical (unpaired) electrons. The van der Waals surface area contributed by atoms with E-state index in [1.54, 1.807) is 18.7 Å². The molecule has 1 aromatic heterocycles. The standard InChI is InChI=1S/C16H20N2OS2/c1-10-6-4-5-7-12(10)8-9-18-16-15(20-3)13(17)14(21-16)11(2)19/h4-7,18H,8-9,17H2,1-3H3. The molecular formula is C16H20N2OS2. The molecule has 2 aromatic rings. The average Bonchev–Trinajstić information content (AvgIpc) is 2.77. The zero-order valence-electron chi connectivity index (χ0n) is 12.5. The van der Waals surface area contributed by atoms with E-state index in [0.717, 1.165) is 22.9 Å². The van der Waals surface area contributed by atoms with E-state index in [-0.39, 0.29) is 5.78 Å². The van der Waals surface area contributed by atoms with Crippen molar-refractivity contribution in [1.29, 1.82) is 0 Å². The van der Waals surface area contributed by atoms with Crippen LogP contribution >= 0.6 is 23.1 Å². The molecule has 0 amide bonds. The number of benzene rings is 1. The SMILES string of the molecule is CSc1c(NCCc2ccccc2C)sc(C(C)=O)c1N. The molecule has 0 bridgehead atoms. The molecule has 3 nitrogen and oxygen atoms in total. The summed E-state index contributed by atoms with van der Waals surface area (Å²) in [5, 5.41) is 4.42. The van der Waals surface area contributed by atoms with Gasteiger partial charge in [-0.2, -0.15) is 0 Å². The first-order chi connectivity index (χ1) is 10.0. The van der Waals surface area contributed by atoms with Crippen LogP contribution in [0.5, 0.6) is 0 Å². The number of nitrogen functional groups attached to an aromatic ring is 1. The summed E-state index contributed by atoms with van der Waals surface area (Å²) in [5.41, 5.74) is 9.31. The van der Waals surface area contributed by atoms with Crippen LogP contribution in [0.2, 0.25) is 0 Å². The van der Waals surface area contributed by atoms with Crippen LogP contribution in [0.15, 0.2) is 29.2 Å². The van der Waals surface area contributed by atoms with Crippen molar-refractivity contribution >= 4 is 39.6 Å². The monoisotopic (exact) mass is 320 g/mol. The number of hydrogen-bond donors (Lipinski definition) is 2. The molecule has 0 unspecified atom stereocenters. The smallest absolute Gasteiger partial charge is 0.171 e. The summed E-state index contributed by atoms with van der Waals surface area (Å²) in [5.74, 6) is 0.0275. The molecule has 0 spiro atoms. The lowest BCUT2D eigenvalue weighted by atomic mass is 10.1. The minimum absolute atomic E-state index is 0.0275. The van der Waals surface area contributed by atoms with Crippen molar-refractivity contribution in [1.82, 2.24) is 0 Å². The number of nitrogens with two attached hydrogens (primary N) is 1. The normalized spacial score (nSPS) is 10.6. The number of aryl methyl sites for hydroxylation is 1. The third kappa shape index (κ3) is 3.60. The van der Waals surface area contributed by atoms with E-state index in [9.17, 15) is 4.79 Å². The number of thioether (sulfide) groups is 1. The van der Waals surface area contributed by atoms with Gasteiger partial charge in [0.05, 0.1) is 15.5 Å². The molecule has 3 N–H and O–H groups in total. The van der Waals surface area contributed by atoms with Crippen molar-refractivity contribution in [2.45, 2.75) is 25.2 Å². The summed E-state index contributed by atoms with van der Waals surface area (Å²) in [6.45, 7) is 4.51. The molecule has 0 aliphatic carbocycles. The lowest BCUT2D eigenvalue weighted by Gasteiger charge is -2.08. The highest BCUT2D eigenvalue weighted by Gasteiger charge is 2.17. The predicted molar refractivity (Wildman–Crippen MR) is 93.9 cm³/mol. The number of nitrogens with one attached hydrogen (secondary N) is 1. The summed E-state index contributed by atoms with van der Waals surface area (Å²) in [7, 11) is 0. The Hall–Kier alpha value is -1.46. The first-order valence-corrected chi connectivity index (χ1v) is 8.84. The fourth-order valence-electron chi connectivity index (χ4n) is 2.21. The number of carbonyl (C=O) groups excluding carboxylic acids is 1. The zero-order valence-corrected chi connectivity index (χ0v) is 14.2. The Bertz CT molecular complexity index is 650. The summed E-state index contributed by atoms with van der Waals surface area (Å²) >= 11 is 3.03. The maximum atomic E-state index is 11.6. The van der Waals surface area contributed by atoms with Crippen LogP contribution in [0.25, 0.3) is 0 Å². The van der Waals surface area contributed by atoms with Crippen LogP contribution < -0.4 is 11.1 Å². The Balaban J connectivity index is 2.08. The Morgan fingerprint density at radius 1 is 1.38 bits per heavy atom. The number of carbonyl (C=O) groups is 1. The molecule has 0 aliphatic heterocycles. The van der Waals surface area contributed by atoms with Gasteiger partial charge in [-0.15, -0.1) is 23.1 Å². The number of thiophene rings is 1. The Kier molecular flexibility index (Phi) is 5.31. The lowest BCUT2D eigenvalue weighted by Crippen LogP contribution is -2.05. The van der Waals surface area contributed by atoms with E-state index >= 15 is 0 Å². The molecule has 1 aromatic carbocycles. The molecule has 0 fully saturated rings. The number of Topliss-reactive ketones (excluding diaryl/α,β-unsaturated/α-hetero) is 1. The second-order valence-electron chi connectivity index (χ2n) is 4.87. The van der Waals surface area contributed by atoms with Crippen LogP contribution in [0.3, 0.4) is 0 Å². The largest absolute Gasteiger partial charge is 0.396 e. The Morgan fingerprint density at radius 3 is 2.71 bits per heavy atom. The van der Waals surface area contributed by atoms with E-state index < -0.39 is 0 Å². The van der Waals surface area contributed by atoms with Crippen molar-refractivity contribution in [3.05, 3.63) is 40.3 Å². The second kappa shape index (κ2) is 7.00. The fraction of sp³-hybridized carbons (Fsp3) is 0.312. The maximum absolute atomic E-state index is 11.6. The van der Waals surface area contributed by atoms with Gasteiger partial charge in [-0.05, 0) is 30.7 Å². The maximum Gasteiger partial charge on any atom is 0.171 e. The predicted octanol–water partition coefficient (Wildman–Crippen LogP) is 4.22. The van der Waals surface area contributed by atoms with Gasteiger partial charge in [0.1, 0.15) is 5.00 Å². The topological polar surface area (TPSA) is 55.1 Å². The van der Waals surface area contributed by atoms with E-state index in [2.05, 4.69) is 36.5 Å². The molecule has 2 rings (SSSR count). The van der Waals surface area contributed by atoms with Gasteiger partial charge >= 0.3 is 0 Å². The van der Waals surface area contributed by atoms with Crippen LogP contribution in [-0.2, 0) is 6.42 Å². The van der Waals surface area contributed by atoms with Crippen LogP contribution in [0.1, 0.15) is 27.7 Å². The molecule has 0 saturated carbocycles. The number of anilines is 2. The highest BCUT2D eigenvalue weighted by Crippen LogP contribution is 2.41. The van der Waals surface area contributed by atoms with Crippen LogP contribution in [0.4, 0.5) is 10.7 Å². The zero-order chi connectivity index (χ0) is 15.4. The van der Waals surface area contributed by atoms with Crippen LogP contribution in [0, 0.1) is 6.92 Å². The van der Waals surface area contributed by atoms with Gasteiger partial charge in [-0.3, -0.25) is 4.79 Å². The van der Waals surface area contributed by atoms with Gasteiger partial charge in [-0.25, -0.2) is 0 Å². The molecular weight excluding hydrogens is 300 g/mol. The quantitative estimate of drug-likeness (QED) is 0.618. The molecule has 0 aliphatic rings. The minimum Gasteiger partial charge on any atom is -0.396 e. The first kappa shape index (κ1) is 15.9. The van der Waals surface area contributed by atoms with Crippen molar-refractivity contribution in [2.24, 2.45) is 0 Å². The van der Waals surface area contributed by atoms with Crippen molar-refractivity contribution < 1.29 is 4.79 Å². The Morgan fingerprint density at radius 2 is 2.10 bits per heavy atom. The highest BCUT2D eigenvalue weighted by atomic mass is 32.2. The van der Waals surface area contributed by atoms with Gasteiger partial charge in [0, 0.05) is 13.5 Å². The highest BCUT2D eigenvalue weighted by molar-refractivity contribution is 7.99. The van der Waals surface area contributed by atoms with E-state index in [1.807, 2.05) is 6.26 Å². The second-order valence-corrected chi connectivity index (χ2v) is 6.70. The summed E-state index contributed by atoms with van der Waals surface area (Å²) in [4.78, 5) is 13.2. The van der Waals surface area contributed by atoms with Crippen molar-refractivity contribution in [3.8, 4) is 0 Å². The molecule has 21 heavy (non-hydrogen) atoms. The van der Waals surface area contributed by atoms with Gasteiger partial charge in [0.25, 0.3) is 0 Å².